The van der Waals surface area contributed by atoms with Crippen molar-refractivity contribution in [1.29, 1.82) is 0 Å². The van der Waals surface area contributed by atoms with Crippen LogP contribution in [0, 0.1) is 0 Å². The molecule has 1 fully saturated rings. The van der Waals surface area contributed by atoms with Crippen molar-refractivity contribution >= 4 is 17.5 Å². The van der Waals surface area contributed by atoms with E-state index < -0.39 is 11.8 Å². The lowest BCUT2D eigenvalue weighted by Crippen LogP contribution is -2.43. The van der Waals surface area contributed by atoms with Gasteiger partial charge in [0.2, 0.25) is 11.8 Å². The molecule has 2 aromatic carbocycles. The van der Waals surface area contributed by atoms with Crippen LogP contribution in [0.15, 0.2) is 63.9 Å². The van der Waals surface area contributed by atoms with Crippen LogP contribution in [0.25, 0.3) is 11.4 Å². The molecule has 4 rings (SSSR count). The number of aromatic amines is 1. The van der Waals surface area contributed by atoms with Gasteiger partial charge in [-0.25, -0.2) is 4.79 Å². The van der Waals surface area contributed by atoms with Crippen molar-refractivity contribution in [1.82, 2.24) is 15.0 Å². The highest BCUT2D eigenvalue weighted by atomic mass is 16.5. The third kappa shape index (κ3) is 4.26. The minimum Gasteiger partial charge on any atom is -0.330 e. The quantitative estimate of drug-likeness (QED) is 0.692. The molecule has 1 atom stereocenters. The number of carbonyl (C=O) groups is 2. The van der Waals surface area contributed by atoms with E-state index in [0.29, 0.717) is 30.0 Å². The van der Waals surface area contributed by atoms with Gasteiger partial charge in [-0.1, -0.05) is 35.5 Å². The summed E-state index contributed by atoms with van der Waals surface area (Å²) in [5.74, 6) is -0.550. The van der Waals surface area contributed by atoms with Crippen molar-refractivity contribution in [3.63, 3.8) is 0 Å². The average Bonchev–Trinajstić information content (AvgIpc) is 3.39. The van der Waals surface area contributed by atoms with E-state index >= 15 is 0 Å². The second-order valence-corrected chi connectivity index (χ2v) is 6.92. The third-order valence-electron chi connectivity index (χ3n) is 4.94. The molecule has 8 heteroatoms. The van der Waals surface area contributed by atoms with E-state index in [9.17, 15) is 14.4 Å². The molecule has 0 radical (unpaired) electrons. The molecule has 3 aromatic rings. The average molecular weight is 392 g/mol. The Labute approximate surface area is 166 Å². The Morgan fingerprint density at radius 2 is 1.90 bits per heavy atom. The predicted molar refractivity (Wildman–Crippen MR) is 106 cm³/mol. The second-order valence-electron chi connectivity index (χ2n) is 6.92. The van der Waals surface area contributed by atoms with E-state index in [4.69, 9.17) is 0 Å². The van der Waals surface area contributed by atoms with Gasteiger partial charge in [0.05, 0.1) is 6.42 Å². The molecular formula is C21H20N4O4. The Balaban J connectivity index is 1.40. The van der Waals surface area contributed by atoms with Crippen LogP contribution in [0.2, 0.25) is 0 Å². The number of hydrogen-bond donors (Lipinski definition) is 2. The van der Waals surface area contributed by atoms with Crippen LogP contribution in [-0.2, 0) is 16.0 Å². The lowest BCUT2D eigenvalue weighted by Gasteiger charge is -2.24. The largest absolute Gasteiger partial charge is 0.439 e. The van der Waals surface area contributed by atoms with Crippen molar-refractivity contribution in [2.75, 3.05) is 11.9 Å². The minimum absolute atomic E-state index is 0.0424. The maximum absolute atomic E-state index is 12.8. The van der Waals surface area contributed by atoms with Gasteiger partial charge in [0, 0.05) is 17.8 Å². The zero-order valence-electron chi connectivity index (χ0n) is 15.6. The van der Waals surface area contributed by atoms with Gasteiger partial charge in [-0.15, -0.1) is 0 Å². The third-order valence-corrected chi connectivity index (χ3v) is 4.94. The molecule has 2 N–H and O–H groups in total. The van der Waals surface area contributed by atoms with Crippen LogP contribution in [0.1, 0.15) is 18.4 Å². The van der Waals surface area contributed by atoms with Gasteiger partial charge in [-0.05, 0) is 42.7 Å². The number of H-pyrrole nitrogens is 1. The van der Waals surface area contributed by atoms with E-state index in [1.54, 1.807) is 29.2 Å². The van der Waals surface area contributed by atoms with Crippen molar-refractivity contribution in [3.8, 4) is 11.4 Å². The van der Waals surface area contributed by atoms with Gasteiger partial charge < -0.3 is 10.2 Å². The monoisotopic (exact) mass is 392 g/mol. The predicted octanol–water partition coefficient (Wildman–Crippen LogP) is 2.20. The Kier molecular flexibility index (Phi) is 5.24. The highest BCUT2D eigenvalue weighted by Crippen LogP contribution is 2.22. The first-order valence-electron chi connectivity index (χ1n) is 9.41. The van der Waals surface area contributed by atoms with Gasteiger partial charge in [-0.2, -0.15) is 0 Å². The number of aromatic nitrogens is 2. The standard InChI is InChI=1S/C21H20N4O4/c26-18(13-14-5-2-1-3-6-14)25-12-4-7-17(25)20(27)22-16-10-8-15(9-11-16)19-23-21(28)29-24-19/h1-3,5-6,8-11,17H,4,7,12-13H2,(H,22,27)(H,23,24,28). The summed E-state index contributed by atoms with van der Waals surface area (Å²) in [5, 5.41) is 6.50. The van der Waals surface area contributed by atoms with E-state index in [0.717, 1.165) is 12.0 Å². The first-order chi connectivity index (χ1) is 14.1. The smallest absolute Gasteiger partial charge is 0.330 e. The summed E-state index contributed by atoms with van der Waals surface area (Å²) in [6.07, 6.45) is 1.73. The molecule has 2 heterocycles. The first-order valence-corrected chi connectivity index (χ1v) is 9.41. The number of amides is 2. The molecule has 2 amide bonds. The van der Waals surface area contributed by atoms with Crippen LogP contribution < -0.4 is 11.1 Å². The summed E-state index contributed by atoms with van der Waals surface area (Å²) >= 11 is 0. The number of nitrogens with zero attached hydrogens (tertiary/aromatic N) is 2. The maximum Gasteiger partial charge on any atom is 0.439 e. The zero-order valence-corrected chi connectivity index (χ0v) is 15.6. The number of carbonyl (C=O) groups excluding carboxylic acids is 2. The molecule has 0 saturated carbocycles. The topological polar surface area (TPSA) is 108 Å². The molecule has 1 saturated heterocycles. The maximum atomic E-state index is 12.8. The Morgan fingerprint density at radius 1 is 1.14 bits per heavy atom. The molecule has 0 bridgehead atoms. The first kappa shape index (κ1) is 18.7. The molecule has 1 aliphatic rings. The molecule has 29 heavy (non-hydrogen) atoms. The lowest BCUT2D eigenvalue weighted by molar-refractivity contribution is -0.136. The summed E-state index contributed by atoms with van der Waals surface area (Å²) in [6.45, 7) is 0.586. The number of anilines is 1. The van der Waals surface area contributed by atoms with E-state index in [1.165, 1.54) is 0 Å². The number of nitrogens with one attached hydrogen (secondary N) is 2. The molecular weight excluding hydrogens is 372 g/mol. The Morgan fingerprint density at radius 3 is 2.59 bits per heavy atom. The van der Waals surface area contributed by atoms with Gasteiger partial charge in [-0.3, -0.25) is 19.1 Å². The van der Waals surface area contributed by atoms with Crippen LogP contribution in [0.3, 0.4) is 0 Å². The summed E-state index contributed by atoms with van der Waals surface area (Å²) in [7, 11) is 0. The van der Waals surface area contributed by atoms with Crippen molar-refractivity contribution in [3.05, 3.63) is 70.7 Å². The fraction of sp³-hybridized carbons (Fsp3) is 0.238. The summed E-state index contributed by atoms with van der Waals surface area (Å²) < 4.78 is 4.49. The highest BCUT2D eigenvalue weighted by molar-refractivity contribution is 5.97. The van der Waals surface area contributed by atoms with Crippen LogP contribution in [0.4, 0.5) is 5.69 Å². The summed E-state index contributed by atoms with van der Waals surface area (Å²) in [5.41, 5.74) is 2.20. The van der Waals surface area contributed by atoms with Crippen molar-refractivity contribution in [2.45, 2.75) is 25.3 Å². The summed E-state index contributed by atoms with van der Waals surface area (Å²) in [6, 6.07) is 15.9. The lowest BCUT2D eigenvalue weighted by atomic mass is 10.1. The summed E-state index contributed by atoms with van der Waals surface area (Å²) in [4.78, 5) is 40.6. The fourth-order valence-corrected chi connectivity index (χ4v) is 3.50. The molecule has 8 nitrogen and oxygen atoms in total. The highest BCUT2D eigenvalue weighted by Gasteiger charge is 2.33. The van der Waals surface area contributed by atoms with E-state index in [2.05, 4.69) is 20.0 Å². The van der Waals surface area contributed by atoms with E-state index in [1.807, 2.05) is 30.3 Å². The Bertz CT molecular complexity index is 1060. The minimum atomic E-state index is -0.626. The van der Waals surface area contributed by atoms with Crippen molar-refractivity contribution < 1.29 is 14.1 Å². The number of rotatable bonds is 5. The fourth-order valence-electron chi connectivity index (χ4n) is 3.50. The molecule has 1 unspecified atom stereocenters. The van der Waals surface area contributed by atoms with Gasteiger partial charge in [0.1, 0.15) is 6.04 Å². The second kappa shape index (κ2) is 8.14. The number of benzene rings is 2. The van der Waals surface area contributed by atoms with Crippen LogP contribution in [-0.4, -0.2) is 39.4 Å². The van der Waals surface area contributed by atoms with Crippen LogP contribution >= 0.6 is 0 Å². The molecule has 0 spiro atoms. The number of likely N-dealkylation sites (tertiary alicyclic amines) is 1. The van der Waals surface area contributed by atoms with Crippen molar-refractivity contribution in [2.24, 2.45) is 0 Å². The normalized spacial score (nSPS) is 16.0. The Hall–Kier alpha value is -3.68. The zero-order chi connectivity index (χ0) is 20.2. The van der Waals surface area contributed by atoms with Gasteiger partial charge >= 0.3 is 5.76 Å². The number of hydrogen-bond acceptors (Lipinski definition) is 5. The SMILES string of the molecule is O=C(Nc1ccc(-c2noc(=O)[nH]2)cc1)C1CCCN1C(=O)Cc1ccccc1. The molecule has 1 aliphatic heterocycles. The van der Waals surface area contributed by atoms with Crippen LogP contribution in [0.5, 0.6) is 0 Å². The van der Waals surface area contributed by atoms with Gasteiger partial charge in [0.25, 0.3) is 0 Å². The van der Waals surface area contributed by atoms with Gasteiger partial charge in [0.15, 0.2) is 5.82 Å². The molecule has 148 valence electrons. The van der Waals surface area contributed by atoms with E-state index in [-0.39, 0.29) is 18.2 Å². The molecule has 0 aliphatic carbocycles. The molecule has 1 aromatic heterocycles.